The van der Waals surface area contributed by atoms with E-state index in [4.69, 9.17) is 10.5 Å². The molecule has 1 aromatic heterocycles. The molecule has 4 heteroatoms. The lowest BCUT2D eigenvalue weighted by Crippen LogP contribution is -2.45. The largest absolute Gasteiger partial charge is 0.481 e. The maximum atomic E-state index is 5.95. The van der Waals surface area contributed by atoms with Gasteiger partial charge in [0.1, 0.15) is 5.82 Å². The van der Waals surface area contributed by atoms with Crippen molar-refractivity contribution in [1.29, 1.82) is 0 Å². The molecule has 1 aromatic rings. The molecular weight excluding hydrogens is 238 g/mol. The number of nitrogens with two attached hydrogens (primary N) is 1. The Bertz CT molecular complexity index is 397. The highest BCUT2D eigenvalue weighted by atomic mass is 16.5. The maximum Gasteiger partial charge on any atom is 0.214 e. The van der Waals surface area contributed by atoms with E-state index in [0.717, 1.165) is 18.9 Å². The monoisotopic (exact) mass is 263 g/mol. The first kappa shape index (κ1) is 14.1. The van der Waals surface area contributed by atoms with Gasteiger partial charge in [-0.25, -0.2) is 0 Å². The zero-order valence-corrected chi connectivity index (χ0v) is 12.0. The molecule has 0 radical (unpaired) electrons. The van der Waals surface area contributed by atoms with Crippen LogP contribution in [0.2, 0.25) is 0 Å². The minimum Gasteiger partial charge on any atom is -0.481 e. The molecule has 0 aromatic carbocycles. The van der Waals surface area contributed by atoms with Gasteiger partial charge in [-0.05, 0) is 38.3 Å². The molecule has 2 unspecified atom stereocenters. The number of hydrogen-bond donors (Lipinski definition) is 1. The van der Waals surface area contributed by atoms with Crippen molar-refractivity contribution < 1.29 is 4.74 Å². The van der Waals surface area contributed by atoms with Crippen LogP contribution in [-0.4, -0.2) is 31.2 Å². The Morgan fingerprint density at radius 3 is 2.84 bits per heavy atom. The number of rotatable bonds is 5. The van der Waals surface area contributed by atoms with Crippen LogP contribution in [0.1, 0.15) is 32.6 Å². The Morgan fingerprint density at radius 2 is 2.16 bits per heavy atom. The molecule has 4 nitrogen and oxygen atoms in total. The molecule has 0 amide bonds. The Kier molecular flexibility index (Phi) is 5.02. The summed E-state index contributed by atoms with van der Waals surface area (Å²) in [7, 11) is 1.66. The van der Waals surface area contributed by atoms with Crippen molar-refractivity contribution in [3.63, 3.8) is 0 Å². The third-order valence-electron chi connectivity index (χ3n) is 4.12. The van der Waals surface area contributed by atoms with Gasteiger partial charge in [0.2, 0.25) is 5.88 Å². The predicted molar refractivity (Wildman–Crippen MR) is 78.6 cm³/mol. The zero-order valence-electron chi connectivity index (χ0n) is 12.0. The van der Waals surface area contributed by atoms with E-state index in [1.165, 1.54) is 25.7 Å². The minimum absolute atomic E-state index is 0.517. The van der Waals surface area contributed by atoms with Crippen LogP contribution in [0.5, 0.6) is 5.88 Å². The van der Waals surface area contributed by atoms with Crippen LogP contribution in [0.25, 0.3) is 0 Å². The smallest absolute Gasteiger partial charge is 0.214 e. The SMILES string of the molecule is CCN(c1cccc(OC)n1)C1CCCCC1CN. The lowest BCUT2D eigenvalue weighted by atomic mass is 9.83. The zero-order chi connectivity index (χ0) is 13.7. The number of anilines is 1. The summed E-state index contributed by atoms with van der Waals surface area (Å²) in [5.41, 5.74) is 5.95. The standard InChI is InChI=1S/C15H25N3O/c1-3-18(13-8-5-4-7-12(13)11-16)14-9-6-10-15(17-14)19-2/h6,9-10,12-13H,3-5,7-8,11,16H2,1-2H3. The van der Waals surface area contributed by atoms with Crippen molar-refractivity contribution in [2.45, 2.75) is 38.6 Å². The van der Waals surface area contributed by atoms with Gasteiger partial charge < -0.3 is 15.4 Å². The average molecular weight is 263 g/mol. The van der Waals surface area contributed by atoms with E-state index >= 15 is 0 Å². The molecule has 0 aliphatic heterocycles. The molecule has 1 saturated carbocycles. The summed E-state index contributed by atoms with van der Waals surface area (Å²) < 4.78 is 5.23. The lowest BCUT2D eigenvalue weighted by Gasteiger charge is -2.40. The van der Waals surface area contributed by atoms with E-state index in [1.54, 1.807) is 7.11 Å². The molecule has 0 saturated heterocycles. The topological polar surface area (TPSA) is 51.4 Å². The van der Waals surface area contributed by atoms with E-state index in [2.05, 4.69) is 22.9 Å². The lowest BCUT2D eigenvalue weighted by molar-refractivity contribution is 0.299. The number of methoxy groups -OCH3 is 1. The fourth-order valence-electron chi connectivity index (χ4n) is 3.12. The number of pyridine rings is 1. The van der Waals surface area contributed by atoms with Gasteiger partial charge in [-0.2, -0.15) is 4.98 Å². The summed E-state index contributed by atoms with van der Waals surface area (Å²) in [6, 6.07) is 6.47. The highest BCUT2D eigenvalue weighted by molar-refractivity contribution is 5.42. The van der Waals surface area contributed by atoms with Crippen LogP contribution in [0, 0.1) is 5.92 Å². The van der Waals surface area contributed by atoms with E-state index < -0.39 is 0 Å². The summed E-state index contributed by atoms with van der Waals surface area (Å²) in [6.45, 7) is 3.91. The van der Waals surface area contributed by atoms with Crippen molar-refractivity contribution in [2.75, 3.05) is 25.1 Å². The first-order valence-electron chi connectivity index (χ1n) is 7.28. The number of nitrogens with zero attached hydrogens (tertiary/aromatic N) is 2. The molecule has 0 spiro atoms. The normalized spacial score (nSPS) is 23.1. The van der Waals surface area contributed by atoms with Gasteiger partial charge in [-0.1, -0.05) is 18.9 Å². The van der Waals surface area contributed by atoms with Crippen LogP contribution >= 0.6 is 0 Å². The average Bonchev–Trinajstić information content (AvgIpc) is 2.49. The first-order chi connectivity index (χ1) is 9.30. The van der Waals surface area contributed by atoms with Crippen molar-refractivity contribution in [2.24, 2.45) is 11.7 Å². The fourth-order valence-corrected chi connectivity index (χ4v) is 3.12. The quantitative estimate of drug-likeness (QED) is 0.886. The van der Waals surface area contributed by atoms with Gasteiger partial charge in [0, 0.05) is 18.7 Å². The van der Waals surface area contributed by atoms with E-state index in [9.17, 15) is 0 Å². The van der Waals surface area contributed by atoms with Gasteiger partial charge >= 0.3 is 0 Å². The van der Waals surface area contributed by atoms with Crippen LogP contribution in [0.3, 0.4) is 0 Å². The van der Waals surface area contributed by atoms with Gasteiger partial charge in [-0.15, -0.1) is 0 Å². The summed E-state index contributed by atoms with van der Waals surface area (Å²) in [5.74, 6) is 2.27. The van der Waals surface area contributed by atoms with Crippen molar-refractivity contribution >= 4 is 5.82 Å². The van der Waals surface area contributed by atoms with Gasteiger partial charge in [0.05, 0.1) is 7.11 Å². The molecular formula is C15H25N3O. The van der Waals surface area contributed by atoms with E-state index in [-0.39, 0.29) is 0 Å². The molecule has 1 aliphatic rings. The fraction of sp³-hybridized carbons (Fsp3) is 0.667. The summed E-state index contributed by atoms with van der Waals surface area (Å²) in [5, 5.41) is 0. The highest BCUT2D eigenvalue weighted by Crippen LogP contribution is 2.30. The molecule has 2 atom stereocenters. The molecule has 1 fully saturated rings. The van der Waals surface area contributed by atoms with Gasteiger partial charge in [-0.3, -0.25) is 0 Å². The number of aromatic nitrogens is 1. The molecule has 1 aliphatic carbocycles. The second kappa shape index (κ2) is 6.75. The Morgan fingerprint density at radius 1 is 1.37 bits per heavy atom. The summed E-state index contributed by atoms with van der Waals surface area (Å²) in [6.07, 6.45) is 5.05. The predicted octanol–water partition coefficient (Wildman–Crippen LogP) is 2.43. The molecule has 2 rings (SSSR count). The Hall–Kier alpha value is -1.29. The molecule has 0 bridgehead atoms. The molecule has 19 heavy (non-hydrogen) atoms. The van der Waals surface area contributed by atoms with E-state index in [0.29, 0.717) is 17.8 Å². The summed E-state index contributed by atoms with van der Waals surface area (Å²) >= 11 is 0. The Balaban J connectivity index is 2.21. The van der Waals surface area contributed by atoms with Crippen LogP contribution in [0.4, 0.5) is 5.82 Å². The van der Waals surface area contributed by atoms with Gasteiger partial charge in [0.25, 0.3) is 0 Å². The third-order valence-corrected chi connectivity index (χ3v) is 4.12. The minimum atomic E-state index is 0.517. The van der Waals surface area contributed by atoms with E-state index in [1.807, 2.05) is 12.1 Å². The third kappa shape index (κ3) is 3.18. The number of ether oxygens (including phenoxy) is 1. The van der Waals surface area contributed by atoms with Crippen LogP contribution < -0.4 is 15.4 Å². The van der Waals surface area contributed by atoms with Crippen LogP contribution in [0.15, 0.2) is 18.2 Å². The Labute approximate surface area is 116 Å². The second-order valence-corrected chi connectivity index (χ2v) is 5.17. The second-order valence-electron chi connectivity index (χ2n) is 5.17. The highest BCUT2D eigenvalue weighted by Gasteiger charge is 2.29. The molecule has 2 N–H and O–H groups in total. The first-order valence-corrected chi connectivity index (χ1v) is 7.28. The molecule has 1 heterocycles. The maximum absolute atomic E-state index is 5.95. The van der Waals surface area contributed by atoms with Crippen molar-refractivity contribution in [3.8, 4) is 5.88 Å². The van der Waals surface area contributed by atoms with Crippen molar-refractivity contribution in [3.05, 3.63) is 18.2 Å². The molecule has 106 valence electrons. The van der Waals surface area contributed by atoms with Crippen molar-refractivity contribution in [1.82, 2.24) is 4.98 Å². The van der Waals surface area contributed by atoms with Gasteiger partial charge in [0.15, 0.2) is 0 Å². The summed E-state index contributed by atoms with van der Waals surface area (Å²) in [4.78, 5) is 6.96. The number of hydrogen-bond acceptors (Lipinski definition) is 4. The van der Waals surface area contributed by atoms with Crippen LogP contribution in [-0.2, 0) is 0 Å².